The van der Waals surface area contributed by atoms with E-state index in [4.69, 9.17) is 4.42 Å². The monoisotopic (exact) mass is 336 g/mol. The minimum Gasteiger partial charge on any atom is -0.467 e. The summed E-state index contributed by atoms with van der Waals surface area (Å²) in [6.45, 7) is 5.25. The molecule has 0 unspecified atom stereocenters. The van der Waals surface area contributed by atoms with E-state index in [-0.39, 0.29) is 11.4 Å². The average Bonchev–Trinajstić information content (AvgIpc) is 3.00. The summed E-state index contributed by atoms with van der Waals surface area (Å²) in [6, 6.07) is 7.72. The zero-order chi connectivity index (χ0) is 17.0. The van der Waals surface area contributed by atoms with Crippen LogP contribution < -0.4 is 10.0 Å². The number of furan rings is 1. The fraction of sp³-hybridized carbons (Fsp3) is 0.312. The van der Waals surface area contributed by atoms with Gasteiger partial charge < -0.3 is 9.73 Å². The fourth-order valence-electron chi connectivity index (χ4n) is 2.09. The molecule has 0 fully saturated rings. The van der Waals surface area contributed by atoms with E-state index >= 15 is 0 Å². The average molecular weight is 336 g/mol. The van der Waals surface area contributed by atoms with Gasteiger partial charge in [0.05, 0.1) is 23.7 Å². The number of hydrogen-bond donors (Lipinski definition) is 2. The molecule has 1 aromatic heterocycles. The molecule has 2 N–H and O–H groups in total. The predicted molar refractivity (Wildman–Crippen MR) is 86.3 cm³/mol. The normalized spacial score (nSPS) is 12.8. The lowest BCUT2D eigenvalue weighted by Crippen LogP contribution is -2.44. The standard InChI is InChI=1S/C16H20N2O4S/c1-11-6-7-12(2)15(9-11)23(20,21)18-13(3)16(19)17-10-14-5-4-8-22-14/h4-9,13,18H,10H2,1-3H3,(H,17,19)/t13-/m0/s1. The van der Waals surface area contributed by atoms with Crippen molar-refractivity contribution in [3.8, 4) is 0 Å². The van der Waals surface area contributed by atoms with Crippen LogP contribution in [0.5, 0.6) is 0 Å². The van der Waals surface area contributed by atoms with Gasteiger partial charge in [-0.3, -0.25) is 4.79 Å². The number of nitrogens with one attached hydrogen (secondary N) is 2. The lowest BCUT2D eigenvalue weighted by Gasteiger charge is -2.15. The molecule has 6 nitrogen and oxygen atoms in total. The van der Waals surface area contributed by atoms with E-state index in [1.54, 1.807) is 31.2 Å². The van der Waals surface area contributed by atoms with E-state index in [9.17, 15) is 13.2 Å². The van der Waals surface area contributed by atoms with Crippen LogP contribution in [0, 0.1) is 13.8 Å². The summed E-state index contributed by atoms with van der Waals surface area (Å²) in [5.41, 5.74) is 1.47. The smallest absolute Gasteiger partial charge is 0.241 e. The lowest BCUT2D eigenvalue weighted by molar-refractivity contribution is -0.122. The summed E-state index contributed by atoms with van der Waals surface area (Å²) in [5.74, 6) is 0.179. The Hall–Kier alpha value is -2.12. The van der Waals surface area contributed by atoms with Crippen LogP contribution in [0.25, 0.3) is 0 Å². The first kappa shape index (κ1) is 17.2. The molecule has 1 aromatic carbocycles. The van der Waals surface area contributed by atoms with Crippen LogP contribution in [0.1, 0.15) is 23.8 Å². The van der Waals surface area contributed by atoms with Crippen molar-refractivity contribution in [1.29, 1.82) is 0 Å². The molecule has 1 heterocycles. The lowest BCUT2D eigenvalue weighted by atomic mass is 10.2. The van der Waals surface area contributed by atoms with Gasteiger partial charge >= 0.3 is 0 Å². The molecule has 0 saturated heterocycles. The number of benzene rings is 1. The summed E-state index contributed by atoms with van der Waals surface area (Å²) < 4.78 is 32.4. The molecule has 0 aliphatic carbocycles. The molecule has 124 valence electrons. The Labute approximate surface area is 135 Å². The second kappa shape index (κ2) is 6.97. The van der Waals surface area contributed by atoms with Gasteiger partial charge in [0.1, 0.15) is 5.76 Å². The SMILES string of the molecule is Cc1ccc(C)c(S(=O)(=O)N[C@@H](C)C(=O)NCc2ccco2)c1. The molecule has 7 heteroatoms. The van der Waals surface area contributed by atoms with Crippen LogP contribution in [0.15, 0.2) is 45.9 Å². The third-order valence-corrected chi connectivity index (χ3v) is 5.06. The third kappa shape index (κ3) is 4.43. The molecule has 0 radical (unpaired) electrons. The molecule has 0 spiro atoms. The van der Waals surface area contributed by atoms with Gasteiger partial charge in [-0.15, -0.1) is 0 Å². The van der Waals surface area contributed by atoms with Crippen molar-refractivity contribution in [3.63, 3.8) is 0 Å². The number of rotatable bonds is 6. The molecule has 2 rings (SSSR count). The fourth-order valence-corrected chi connectivity index (χ4v) is 3.62. The molecule has 1 amide bonds. The highest BCUT2D eigenvalue weighted by atomic mass is 32.2. The topological polar surface area (TPSA) is 88.4 Å². The number of aryl methyl sites for hydroxylation is 2. The number of sulfonamides is 1. The molecular weight excluding hydrogens is 316 g/mol. The van der Waals surface area contributed by atoms with Crippen molar-refractivity contribution in [2.24, 2.45) is 0 Å². The number of carbonyl (C=O) groups is 1. The summed E-state index contributed by atoms with van der Waals surface area (Å²) in [6.07, 6.45) is 1.51. The minimum atomic E-state index is -3.76. The van der Waals surface area contributed by atoms with Crippen LogP contribution in [-0.4, -0.2) is 20.4 Å². The Morgan fingerprint density at radius 3 is 2.65 bits per heavy atom. The van der Waals surface area contributed by atoms with Crippen molar-refractivity contribution in [3.05, 3.63) is 53.5 Å². The summed E-state index contributed by atoms with van der Waals surface area (Å²) in [5, 5.41) is 2.63. The van der Waals surface area contributed by atoms with Gasteiger partial charge in [-0.05, 0) is 50.1 Å². The van der Waals surface area contributed by atoms with Crippen LogP contribution in [0.3, 0.4) is 0 Å². The maximum Gasteiger partial charge on any atom is 0.241 e. The third-order valence-electron chi connectivity index (χ3n) is 3.38. The zero-order valence-corrected chi connectivity index (χ0v) is 14.1. The minimum absolute atomic E-state index is 0.184. The predicted octanol–water partition coefficient (Wildman–Crippen LogP) is 1.88. The number of carbonyl (C=O) groups excluding carboxylic acids is 1. The van der Waals surface area contributed by atoms with Crippen LogP contribution in [0.2, 0.25) is 0 Å². The molecule has 0 bridgehead atoms. The largest absolute Gasteiger partial charge is 0.467 e. The zero-order valence-electron chi connectivity index (χ0n) is 13.3. The van der Waals surface area contributed by atoms with Crippen LogP contribution in [0.4, 0.5) is 0 Å². The summed E-state index contributed by atoms with van der Waals surface area (Å²) in [4.78, 5) is 12.2. The maximum atomic E-state index is 12.4. The van der Waals surface area contributed by atoms with Gasteiger partial charge in [0.25, 0.3) is 0 Å². The maximum absolute atomic E-state index is 12.4. The van der Waals surface area contributed by atoms with Crippen molar-refractivity contribution in [1.82, 2.24) is 10.0 Å². The summed E-state index contributed by atoms with van der Waals surface area (Å²) >= 11 is 0. The molecule has 0 aliphatic rings. The first-order valence-electron chi connectivity index (χ1n) is 7.19. The first-order valence-corrected chi connectivity index (χ1v) is 8.67. The quantitative estimate of drug-likeness (QED) is 0.843. The Kier molecular flexibility index (Phi) is 5.23. The van der Waals surface area contributed by atoms with Gasteiger partial charge in [0, 0.05) is 0 Å². The van der Waals surface area contributed by atoms with E-state index in [2.05, 4.69) is 10.0 Å². The van der Waals surface area contributed by atoms with E-state index in [0.29, 0.717) is 11.3 Å². The van der Waals surface area contributed by atoms with Gasteiger partial charge in [-0.1, -0.05) is 12.1 Å². The summed E-state index contributed by atoms with van der Waals surface area (Å²) in [7, 11) is -3.76. The van der Waals surface area contributed by atoms with E-state index in [1.807, 2.05) is 13.0 Å². The van der Waals surface area contributed by atoms with Gasteiger partial charge in [0.15, 0.2) is 0 Å². The highest BCUT2D eigenvalue weighted by Crippen LogP contribution is 2.17. The first-order chi connectivity index (χ1) is 10.8. The number of hydrogen-bond acceptors (Lipinski definition) is 4. The van der Waals surface area contributed by atoms with Gasteiger partial charge in [-0.25, -0.2) is 8.42 Å². The van der Waals surface area contributed by atoms with Crippen LogP contribution in [-0.2, 0) is 21.4 Å². The van der Waals surface area contributed by atoms with Crippen molar-refractivity contribution in [2.75, 3.05) is 0 Å². The molecule has 0 aliphatic heterocycles. The Bertz CT molecular complexity index is 782. The number of amides is 1. The van der Waals surface area contributed by atoms with Crippen molar-refractivity contribution >= 4 is 15.9 Å². The molecule has 1 atom stereocenters. The van der Waals surface area contributed by atoms with Gasteiger partial charge in [0.2, 0.25) is 15.9 Å². The Balaban J connectivity index is 2.04. The van der Waals surface area contributed by atoms with Crippen molar-refractivity contribution < 1.29 is 17.6 Å². The second-order valence-electron chi connectivity index (χ2n) is 5.41. The Morgan fingerprint density at radius 2 is 2.00 bits per heavy atom. The van der Waals surface area contributed by atoms with E-state index < -0.39 is 22.0 Å². The van der Waals surface area contributed by atoms with E-state index in [0.717, 1.165) is 5.56 Å². The highest BCUT2D eigenvalue weighted by molar-refractivity contribution is 7.89. The van der Waals surface area contributed by atoms with Gasteiger partial charge in [-0.2, -0.15) is 4.72 Å². The molecule has 23 heavy (non-hydrogen) atoms. The van der Waals surface area contributed by atoms with E-state index in [1.165, 1.54) is 13.2 Å². The molecule has 2 aromatic rings. The highest BCUT2D eigenvalue weighted by Gasteiger charge is 2.23. The van der Waals surface area contributed by atoms with Crippen molar-refractivity contribution in [2.45, 2.75) is 38.3 Å². The Morgan fingerprint density at radius 1 is 1.26 bits per heavy atom. The second-order valence-corrected chi connectivity index (χ2v) is 7.09. The molecular formula is C16H20N2O4S. The van der Waals surface area contributed by atoms with Crippen LogP contribution >= 0.6 is 0 Å². The molecule has 0 saturated carbocycles.